The zero-order valence-electron chi connectivity index (χ0n) is 16.0. The molecule has 5 aromatic rings. The molecule has 0 fully saturated rings. The smallest absolute Gasteiger partial charge is 0.282 e. The summed E-state index contributed by atoms with van der Waals surface area (Å²) in [6, 6.07) is 21.4. The Morgan fingerprint density at radius 1 is 0.967 bits per heavy atom. The Bertz CT molecular complexity index is 1490. The van der Waals surface area contributed by atoms with Crippen LogP contribution in [-0.4, -0.2) is 20.2 Å². The van der Waals surface area contributed by atoms with Gasteiger partial charge in [0.15, 0.2) is 0 Å². The van der Waals surface area contributed by atoms with Crippen molar-refractivity contribution in [3.05, 3.63) is 94.3 Å². The molecule has 0 unspecified atom stereocenters. The number of benzene rings is 3. The number of fused-ring (bicyclic) bond motifs is 5. The molecule has 0 bridgehead atoms. The number of para-hydroxylation sites is 3. The number of nitrogens with zero attached hydrogens (tertiary/aromatic N) is 3. The molecule has 146 valence electrons. The Hall–Kier alpha value is -4.26. The fraction of sp³-hybridized carbons (Fsp3) is 0.0435. The minimum atomic E-state index is -0.547. The van der Waals surface area contributed by atoms with Crippen molar-refractivity contribution in [3.8, 4) is 0 Å². The van der Waals surface area contributed by atoms with Crippen molar-refractivity contribution in [2.45, 2.75) is 6.92 Å². The van der Waals surface area contributed by atoms with E-state index in [1.165, 1.54) is 12.1 Å². The van der Waals surface area contributed by atoms with Crippen molar-refractivity contribution in [2.75, 3.05) is 5.32 Å². The van der Waals surface area contributed by atoms with Crippen LogP contribution >= 0.6 is 0 Å². The molecule has 0 radical (unpaired) electrons. The molecular formula is C23H16N4O3. The van der Waals surface area contributed by atoms with Crippen LogP contribution in [0.3, 0.4) is 0 Å². The lowest BCUT2D eigenvalue weighted by Gasteiger charge is -2.09. The fourth-order valence-corrected chi connectivity index (χ4v) is 3.96. The van der Waals surface area contributed by atoms with Crippen LogP contribution in [0.15, 0.2) is 72.8 Å². The number of hydrogen-bond acceptors (Lipinski definition) is 4. The van der Waals surface area contributed by atoms with E-state index >= 15 is 0 Å². The van der Waals surface area contributed by atoms with E-state index in [9.17, 15) is 14.9 Å². The van der Waals surface area contributed by atoms with Crippen LogP contribution in [0.4, 0.5) is 11.4 Å². The van der Waals surface area contributed by atoms with Gasteiger partial charge in [0, 0.05) is 16.8 Å². The minimum absolute atomic E-state index is 0.0148. The first-order chi connectivity index (χ1) is 14.6. The van der Waals surface area contributed by atoms with Crippen molar-refractivity contribution in [1.82, 2.24) is 9.38 Å². The van der Waals surface area contributed by atoms with Gasteiger partial charge in [0.25, 0.3) is 11.6 Å². The SMILES string of the molecule is Cc1nc2ccccc2c2c(NC(=O)c3ccccc3[N+](=O)[O-])c3ccccc3n12. The number of carbonyl (C=O) groups is 1. The summed E-state index contributed by atoms with van der Waals surface area (Å²) >= 11 is 0. The summed E-state index contributed by atoms with van der Waals surface area (Å²) < 4.78 is 2.01. The number of nitrogens with one attached hydrogen (secondary N) is 1. The number of anilines is 1. The summed E-state index contributed by atoms with van der Waals surface area (Å²) in [5.74, 6) is 0.255. The highest BCUT2D eigenvalue weighted by atomic mass is 16.6. The molecule has 0 saturated carbocycles. The Labute approximate surface area is 170 Å². The zero-order valence-corrected chi connectivity index (χ0v) is 16.0. The van der Waals surface area contributed by atoms with Crippen molar-refractivity contribution >= 4 is 44.6 Å². The number of nitro benzene ring substituents is 1. The maximum atomic E-state index is 13.1. The summed E-state index contributed by atoms with van der Waals surface area (Å²) in [7, 11) is 0. The second-order valence-corrected chi connectivity index (χ2v) is 6.98. The van der Waals surface area contributed by atoms with E-state index in [0.29, 0.717) is 5.69 Å². The second kappa shape index (κ2) is 6.66. The summed E-state index contributed by atoms with van der Waals surface area (Å²) in [6.07, 6.45) is 0. The van der Waals surface area contributed by atoms with E-state index < -0.39 is 10.8 Å². The lowest BCUT2D eigenvalue weighted by atomic mass is 10.1. The van der Waals surface area contributed by atoms with E-state index in [-0.39, 0.29) is 11.3 Å². The first-order valence-electron chi connectivity index (χ1n) is 9.39. The van der Waals surface area contributed by atoms with Crippen molar-refractivity contribution in [2.24, 2.45) is 0 Å². The van der Waals surface area contributed by atoms with Gasteiger partial charge in [-0.15, -0.1) is 0 Å². The molecule has 3 aromatic carbocycles. The van der Waals surface area contributed by atoms with Crippen LogP contribution in [-0.2, 0) is 0 Å². The van der Waals surface area contributed by atoms with Crippen LogP contribution in [0.5, 0.6) is 0 Å². The van der Waals surface area contributed by atoms with E-state index in [1.54, 1.807) is 12.1 Å². The second-order valence-electron chi connectivity index (χ2n) is 6.98. The molecule has 7 heteroatoms. The van der Waals surface area contributed by atoms with Gasteiger partial charge < -0.3 is 5.32 Å². The van der Waals surface area contributed by atoms with E-state index in [1.807, 2.05) is 59.9 Å². The largest absolute Gasteiger partial charge is 0.319 e. The van der Waals surface area contributed by atoms with Gasteiger partial charge in [-0.1, -0.05) is 48.5 Å². The topological polar surface area (TPSA) is 89.5 Å². The Morgan fingerprint density at radius 2 is 1.63 bits per heavy atom. The molecule has 2 aromatic heterocycles. The highest BCUT2D eigenvalue weighted by Crippen LogP contribution is 2.36. The molecule has 0 aliphatic rings. The van der Waals surface area contributed by atoms with Gasteiger partial charge >= 0.3 is 0 Å². The molecule has 2 heterocycles. The number of rotatable bonds is 3. The molecule has 0 saturated heterocycles. The van der Waals surface area contributed by atoms with E-state index in [0.717, 1.165) is 33.1 Å². The predicted octanol–water partition coefficient (Wildman–Crippen LogP) is 5.11. The van der Waals surface area contributed by atoms with E-state index in [2.05, 4.69) is 5.32 Å². The molecule has 1 amide bonds. The van der Waals surface area contributed by atoms with Gasteiger partial charge in [-0.25, -0.2) is 4.98 Å². The van der Waals surface area contributed by atoms with Crippen LogP contribution in [0.25, 0.3) is 27.3 Å². The average molecular weight is 396 g/mol. The number of hydrogen-bond donors (Lipinski definition) is 1. The predicted molar refractivity (Wildman–Crippen MR) is 116 cm³/mol. The maximum absolute atomic E-state index is 13.1. The molecule has 0 aliphatic heterocycles. The molecule has 0 spiro atoms. The van der Waals surface area contributed by atoms with Gasteiger partial charge in [0.05, 0.1) is 27.2 Å². The van der Waals surface area contributed by atoms with Crippen LogP contribution in [0.2, 0.25) is 0 Å². The van der Waals surface area contributed by atoms with Crippen molar-refractivity contribution < 1.29 is 9.72 Å². The van der Waals surface area contributed by atoms with E-state index in [4.69, 9.17) is 4.98 Å². The molecule has 7 nitrogen and oxygen atoms in total. The van der Waals surface area contributed by atoms with Gasteiger partial charge in [0.2, 0.25) is 0 Å². The minimum Gasteiger partial charge on any atom is -0.319 e. The third-order valence-corrected chi connectivity index (χ3v) is 5.22. The molecule has 30 heavy (non-hydrogen) atoms. The number of amides is 1. The van der Waals surface area contributed by atoms with Gasteiger partial charge in [-0.05, 0) is 25.1 Å². The summed E-state index contributed by atoms with van der Waals surface area (Å²) in [5.41, 5.74) is 2.92. The Balaban J connectivity index is 1.80. The summed E-state index contributed by atoms with van der Waals surface area (Å²) in [5, 5.41) is 16.1. The monoisotopic (exact) mass is 396 g/mol. The number of nitro groups is 1. The molecule has 1 N–H and O–H groups in total. The molecule has 0 atom stereocenters. The number of aryl methyl sites for hydroxylation is 1. The van der Waals surface area contributed by atoms with Gasteiger partial charge in [-0.3, -0.25) is 19.3 Å². The fourth-order valence-electron chi connectivity index (χ4n) is 3.96. The van der Waals surface area contributed by atoms with Crippen molar-refractivity contribution in [1.29, 1.82) is 0 Å². The number of carbonyl (C=O) groups excluding carboxylic acids is 1. The van der Waals surface area contributed by atoms with Crippen LogP contribution in [0, 0.1) is 17.0 Å². The van der Waals surface area contributed by atoms with Gasteiger partial charge in [0.1, 0.15) is 11.4 Å². The average Bonchev–Trinajstić information content (AvgIpc) is 3.09. The Kier molecular flexibility index (Phi) is 3.96. The van der Waals surface area contributed by atoms with Crippen LogP contribution < -0.4 is 5.32 Å². The normalized spacial score (nSPS) is 11.2. The molecule has 5 rings (SSSR count). The van der Waals surface area contributed by atoms with Crippen molar-refractivity contribution in [3.63, 3.8) is 0 Å². The first-order valence-corrected chi connectivity index (χ1v) is 9.39. The zero-order chi connectivity index (χ0) is 20.8. The molecule has 0 aliphatic carbocycles. The Morgan fingerprint density at radius 3 is 2.43 bits per heavy atom. The third kappa shape index (κ3) is 2.60. The first kappa shape index (κ1) is 17.8. The maximum Gasteiger partial charge on any atom is 0.282 e. The quantitative estimate of drug-likeness (QED) is 0.339. The molecular weight excluding hydrogens is 380 g/mol. The standard InChI is InChI=1S/C23H16N4O3/c1-14-24-18-11-5-2-8-15(18)22-21(16-9-3-6-12-19(16)26(14)22)25-23(28)17-10-4-7-13-20(17)27(29)30/h2-13H,1H3,(H,25,28). The summed E-state index contributed by atoms with van der Waals surface area (Å²) in [6.45, 7) is 1.92. The number of aromatic nitrogens is 2. The van der Waals surface area contributed by atoms with Gasteiger partial charge in [-0.2, -0.15) is 0 Å². The lowest BCUT2D eigenvalue weighted by molar-refractivity contribution is -0.385. The van der Waals surface area contributed by atoms with Crippen LogP contribution in [0.1, 0.15) is 16.2 Å². The highest BCUT2D eigenvalue weighted by Gasteiger charge is 2.23. The third-order valence-electron chi connectivity index (χ3n) is 5.22. The highest BCUT2D eigenvalue weighted by molar-refractivity contribution is 6.19. The summed E-state index contributed by atoms with van der Waals surface area (Å²) in [4.78, 5) is 28.6. The lowest BCUT2D eigenvalue weighted by Crippen LogP contribution is -2.14.